The molecule has 0 fully saturated rings. The lowest BCUT2D eigenvalue weighted by atomic mass is 10.1. The summed E-state index contributed by atoms with van der Waals surface area (Å²) in [6, 6.07) is 4.56. The zero-order valence-electron chi connectivity index (χ0n) is 18.9. The van der Waals surface area contributed by atoms with E-state index in [4.69, 9.17) is 0 Å². The molecule has 0 atom stereocenters. The number of alkyl halides is 6. The number of nitrogens with one attached hydrogen (secondary N) is 3. The Balaban J connectivity index is 1.76. The van der Waals surface area contributed by atoms with Gasteiger partial charge in [0.15, 0.2) is 5.13 Å². The van der Waals surface area contributed by atoms with E-state index in [1.807, 2.05) is 6.92 Å². The third-order valence-corrected chi connectivity index (χ3v) is 5.52. The van der Waals surface area contributed by atoms with Gasteiger partial charge in [-0.2, -0.15) is 26.3 Å². The molecule has 0 saturated heterocycles. The lowest BCUT2D eigenvalue weighted by molar-refractivity contribution is -0.138. The lowest BCUT2D eigenvalue weighted by Gasteiger charge is -2.13. The highest BCUT2D eigenvalue weighted by atomic mass is 32.1. The summed E-state index contributed by atoms with van der Waals surface area (Å²) in [6.07, 6.45) is -7.44. The predicted molar refractivity (Wildman–Crippen MR) is 123 cm³/mol. The zero-order chi connectivity index (χ0) is 26.3. The van der Waals surface area contributed by atoms with Crippen LogP contribution < -0.4 is 16.0 Å². The van der Waals surface area contributed by atoms with Gasteiger partial charge in [0.25, 0.3) is 5.91 Å². The Kier molecular flexibility index (Phi) is 8.84. The molecule has 3 N–H and O–H groups in total. The van der Waals surface area contributed by atoms with Crippen LogP contribution in [0.2, 0.25) is 0 Å². The van der Waals surface area contributed by atoms with Crippen LogP contribution in [-0.4, -0.2) is 40.5 Å². The molecule has 7 nitrogen and oxygen atoms in total. The van der Waals surface area contributed by atoms with Gasteiger partial charge in [0.2, 0.25) is 5.95 Å². The van der Waals surface area contributed by atoms with E-state index in [9.17, 15) is 31.1 Å². The van der Waals surface area contributed by atoms with Gasteiger partial charge in [-0.1, -0.05) is 19.1 Å². The average molecular weight is 533 g/mol. The van der Waals surface area contributed by atoms with Crippen LogP contribution in [0.15, 0.2) is 35.8 Å². The molecule has 194 valence electrons. The highest BCUT2D eigenvalue weighted by Gasteiger charge is 2.37. The Morgan fingerprint density at radius 1 is 1.03 bits per heavy atom. The zero-order valence-corrected chi connectivity index (χ0v) is 19.7. The smallest absolute Gasteiger partial charge is 0.351 e. The van der Waals surface area contributed by atoms with Gasteiger partial charge in [-0.25, -0.2) is 15.0 Å². The summed E-state index contributed by atoms with van der Waals surface area (Å²) in [5, 5.41) is 9.74. The minimum atomic E-state index is -4.86. The van der Waals surface area contributed by atoms with Gasteiger partial charge in [-0.15, -0.1) is 11.3 Å². The maximum atomic E-state index is 13.4. The molecule has 36 heavy (non-hydrogen) atoms. The van der Waals surface area contributed by atoms with Crippen LogP contribution in [0.25, 0.3) is 11.3 Å². The molecule has 0 aliphatic carbocycles. The largest absolute Gasteiger partial charge is 0.420 e. The van der Waals surface area contributed by atoms with E-state index in [0.29, 0.717) is 19.2 Å². The van der Waals surface area contributed by atoms with E-state index >= 15 is 0 Å². The maximum Gasteiger partial charge on any atom is 0.420 e. The SMILES string of the molecule is CCCNCCCNC(=O)c1nc(Nc2nc(-c3cccc(C(F)(F)F)c3)cs2)ncc1C(F)(F)F. The number of thiazole rings is 1. The van der Waals surface area contributed by atoms with Crippen molar-refractivity contribution in [3.05, 3.63) is 52.7 Å². The van der Waals surface area contributed by atoms with Crippen molar-refractivity contribution < 1.29 is 31.1 Å². The normalized spacial score (nSPS) is 12.0. The van der Waals surface area contributed by atoms with Gasteiger partial charge in [0, 0.05) is 23.7 Å². The molecule has 14 heteroatoms. The Bertz CT molecular complexity index is 1180. The second-order valence-electron chi connectivity index (χ2n) is 7.55. The Morgan fingerprint density at radius 2 is 1.81 bits per heavy atom. The second kappa shape index (κ2) is 11.6. The van der Waals surface area contributed by atoms with E-state index in [-0.39, 0.29) is 28.9 Å². The first kappa shape index (κ1) is 27.3. The number of carbonyl (C=O) groups excluding carboxylic acids is 1. The van der Waals surface area contributed by atoms with Crippen molar-refractivity contribution in [1.82, 2.24) is 25.6 Å². The monoisotopic (exact) mass is 532 g/mol. The van der Waals surface area contributed by atoms with Gasteiger partial charge in [-0.05, 0) is 38.1 Å². The Labute approximate surface area is 206 Å². The number of rotatable bonds is 10. The molecule has 2 heterocycles. The number of hydrogen-bond donors (Lipinski definition) is 3. The highest BCUT2D eigenvalue weighted by Crippen LogP contribution is 2.34. The molecule has 3 aromatic rings. The summed E-state index contributed by atoms with van der Waals surface area (Å²) in [6.45, 7) is 3.52. The predicted octanol–water partition coefficient (Wildman–Crippen LogP) is 5.50. The van der Waals surface area contributed by atoms with Crippen LogP contribution in [0.1, 0.15) is 41.4 Å². The standard InChI is InChI=1S/C22H22F6N6OS/c1-2-7-29-8-4-9-30-18(35)17-15(22(26,27)28)11-31-19(33-17)34-20-32-16(12-36-20)13-5-3-6-14(10-13)21(23,24)25/h3,5-6,10-12,29H,2,4,7-9H2,1H3,(H,30,35)(H,31,32,33,34). The van der Waals surface area contributed by atoms with Gasteiger partial charge < -0.3 is 16.0 Å². The molecule has 0 unspecified atom stereocenters. The first-order valence-corrected chi connectivity index (χ1v) is 11.7. The van der Waals surface area contributed by atoms with Crippen molar-refractivity contribution in [2.24, 2.45) is 0 Å². The van der Waals surface area contributed by atoms with Crippen LogP contribution >= 0.6 is 11.3 Å². The van der Waals surface area contributed by atoms with Crippen LogP contribution in [0.3, 0.4) is 0 Å². The fourth-order valence-electron chi connectivity index (χ4n) is 3.04. The quantitative estimate of drug-likeness (QED) is 0.236. The number of aromatic nitrogens is 3. The van der Waals surface area contributed by atoms with Crippen molar-refractivity contribution in [3.8, 4) is 11.3 Å². The van der Waals surface area contributed by atoms with Crippen molar-refractivity contribution in [1.29, 1.82) is 0 Å². The van der Waals surface area contributed by atoms with Gasteiger partial charge in [-0.3, -0.25) is 4.79 Å². The summed E-state index contributed by atoms with van der Waals surface area (Å²) in [5.41, 5.74) is -2.56. The molecule has 0 aliphatic heterocycles. The molecule has 0 radical (unpaired) electrons. The van der Waals surface area contributed by atoms with Gasteiger partial charge in [0.05, 0.1) is 11.3 Å². The van der Waals surface area contributed by atoms with Crippen LogP contribution in [0.5, 0.6) is 0 Å². The number of carbonyl (C=O) groups is 1. The fourth-order valence-corrected chi connectivity index (χ4v) is 3.75. The van der Waals surface area contributed by atoms with E-state index < -0.39 is 35.1 Å². The van der Waals surface area contributed by atoms with E-state index in [0.717, 1.165) is 36.4 Å². The van der Waals surface area contributed by atoms with E-state index in [1.54, 1.807) is 0 Å². The number of benzene rings is 1. The molecule has 3 rings (SSSR count). The number of amides is 1. The minimum Gasteiger partial charge on any atom is -0.351 e. The molecule has 1 aromatic carbocycles. The third-order valence-electron chi connectivity index (χ3n) is 4.76. The first-order chi connectivity index (χ1) is 17.0. The maximum absolute atomic E-state index is 13.4. The topological polar surface area (TPSA) is 91.8 Å². The molecule has 0 bridgehead atoms. The second-order valence-corrected chi connectivity index (χ2v) is 8.41. The highest BCUT2D eigenvalue weighted by molar-refractivity contribution is 7.14. The van der Waals surface area contributed by atoms with Crippen molar-refractivity contribution in [2.45, 2.75) is 32.1 Å². The molecule has 1 amide bonds. The summed E-state index contributed by atoms with van der Waals surface area (Å²) in [4.78, 5) is 24.0. The summed E-state index contributed by atoms with van der Waals surface area (Å²) in [5.74, 6) is -1.32. The van der Waals surface area contributed by atoms with E-state index in [2.05, 4.69) is 30.9 Å². The fraction of sp³-hybridized carbons (Fsp3) is 0.364. The molecule has 0 spiro atoms. The van der Waals surface area contributed by atoms with E-state index in [1.165, 1.54) is 17.5 Å². The van der Waals surface area contributed by atoms with Crippen LogP contribution in [-0.2, 0) is 12.4 Å². The lowest BCUT2D eigenvalue weighted by Crippen LogP contribution is -2.30. The number of anilines is 2. The Morgan fingerprint density at radius 3 is 2.50 bits per heavy atom. The minimum absolute atomic E-state index is 0.121. The van der Waals surface area contributed by atoms with Crippen molar-refractivity contribution in [2.75, 3.05) is 25.0 Å². The van der Waals surface area contributed by atoms with Crippen LogP contribution in [0.4, 0.5) is 37.4 Å². The number of halogens is 6. The number of nitrogens with zero attached hydrogens (tertiary/aromatic N) is 3. The summed E-state index contributed by atoms with van der Waals surface area (Å²) in [7, 11) is 0. The van der Waals surface area contributed by atoms with Crippen LogP contribution in [0, 0.1) is 0 Å². The summed E-state index contributed by atoms with van der Waals surface area (Å²) >= 11 is 0.987. The Hall–Kier alpha value is -3.26. The molecule has 2 aromatic heterocycles. The summed E-state index contributed by atoms with van der Waals surface area (Å²) < 4.78 is 79.2. The third kappa shape index (κ3) is 7.37. The van der Waals surface area contributed by atoms with Gasteiger partial charge in [0.1, 0.15) is 11.3 Å². The molecule has 0 aliphatic rings. The van der Waals surface area contributed by atoms with Crippen molar-refractivity contribution >= 4 is 28.3 Å². The molecule has 0 saturated carbocycles. The average Bonchev–Trinajstić information content (AvgIpc) is 3.28. The molecular formula is C22H22F6N6OS. The first-order valence-electron chi connectivity index (χ1n) is 10.8. The number of hydrogen-bond acceptors (Lipinski definition) is 7. The molecular weight excluding hydrogens is 510 g/mol. The van der Waals surface area contributed by atoms with Gasteiger partial charge >= 0.3 is 12.4 Å². The van der Waals surface area contributed by atoms with Crippen molar-refractivity contribution in [3.63, 3.8) is 0 Å².